The Labute approximate surface area is 123 Å². The molecule has 1 aromatic carbocycles. The van der Waals surface area contributed by atoms with Crippen molar-refractivity contribution in [1.82, 2.24) is 10.2 Å². The van der Waals surface area contributed by atoms with Gasteiger partial charge in [-0.25, -0.2) is 0 Å². The summed E-state index contributed by atoms with van der Waals surface area (Å²) in [6.07, 6.45) is 0.857. The lowest BCUT2D eigenvalue weighted by atomic mass is 10.2. The minimum absolute atomic E-state index is 0.495. The first-order valence-corrected chi connectivity index (χ1v) is 7.03. The monoisotopic (exact) mass is 295 g/mol. The van der Waals surface area contributed by atoms with E-state index in [1.54, 1.807) is 23.1 Å². The molecule has 0 aliphatic carbocycles. The number of nitrogens with one attached hydrogen (secondary N) is 2. The number of halogens is 1. The molecule has 5 nitrogen and oxygen atoms in total. The van der Waals surface area contributed by atoms with Crippen LogP contribution in [-0.4, -0.2) is 42.9 Å². The lowest BCUT2D eigenvalue weighted by Crippen LogP contribution is -2.41. The summed E-state index contributed by atoms with van der Waals surface area (Å²) in [6, 6.07) is 5.18. The average Bonchev–Trinajstić information content (AvgIpc) is 2.71. The van der Waals surface area contributed by atoms with Crippen molar-refractivity contribution in [3.63, 3.8) is 0 Å². The van der Waals surface area contributed by atoms with Gasteiger partial charge in [-0.1, -0.05) is 17.7 Å². The SMILES string of the molecule is Cc1ccc(NC(=O)C(=O)N2CCCNCC2)cc1Cl. The third kappa shape index (κ3) is 3.71. The van der Waals surface area contributed by atoms with Crippen molar-refractivity contribution >= 4 is 29.1 Å². The first-order valence-electron chi connectivity index (χ1n) is 6.65. The van der Waals surface area contributed by atoms with Crippen LogP contribution in [0.1, 0.15) is 12.0 Å². The van der Waals surface area contributed by atoms with Crippen molar-refractivity contribution < 1.29 is 9.59 Å². The Bertz CT molecular complexity index is 511. The van der Waals surface area contributed by atoms with Crippen LogP contribution in [-0.2, 0) is 9.59 Å². The molecular weight excluding hydrogens is 278 g/mol. The Morgan fingerprint density at radius 1 is 1.30 bits per heavy atom. The van der Waals surface area contributed by atoms with E-state index in [0.29, 0.717) is 23.8 Å². The van der Waals surface area contributed by atoms with Gasteiger partial charge < -0.3 is 15.5 Å². The van der Waals surface area contributed by atoms with E-state index in [1.807, 2.05) is 6.92 Å². The van der Waals surface area contributed by atoms with Gasteiger partial charge in [0, 0.05) is 30.3 Å². The topological polar surface area (TPSA) is 61.4 Å². The number of hydrogen-bond donors (Lipinski definition) is 2. The second kappa shape index (κ2) is 6.72. The molecular formula is C14H18ClN3O2. The first kappa shape index (κ1) is 14.8. The number of amides is 2. The van der Waals surface area contributed by atoms with Gasteiger partial charge in [-0.3, -0.25) is 9.59 Å². The Kier molecular flexibility index (Phi) is 4.98. The van der Waals surface area contributed by atoms with E-state index in [1.165, 1.54) is 0 Å². The van der Waals surface area contributed by atoms with Crippen LogP contribution in [0.25, 0.3) is 0 Å². The molecule has 2 rings (SSSR count). The molecule has 0 atom stereocenters. The number of carbonyl (C=O) groups excluding carboxylic acids is 2. The Balaban J connectivity index is 1.99. The average molecular weight is 296 g/mol. The van der Waals surface area contributed by atoms with Crippen molar-refractivity contribution in [2.24, 2.45) is 0 Å². The molecule has 1 aliphatic rings. The maximum absolute atomic E-state index is 12.1. The number of rotatable bonds is 1. The predicted octanol–water partition coefficient (Wildman–Crippen LogP) is 1.41. The van der Waals surface area contributed by atoms with Crippen molar-refractivity contribution in [2.45, 2.75) is 13.3 Å². The summed E-state index contributed by atoms with van der Waals surface area (Å²) < 4.78 is 0. The highest BCUT2D eigenvalue weighted by Gasteiger charge is 2.22. The minimum Gasteiger partial charge on any atom is -0.333 e. The second-order valence-corrected chi connectivity index (χ2v) is 5.22. The zero-order valence-electron chi connectivity index (χ0n) is 11.4. The van der Waals surface area contributed by atoms with Gasteiger partial charge in [-0.15, -0.1) is 0 Å². The molecule has 108 valence electrons. The highest BCUT2D eigenvalue weighted by Crippen LogP contribution is 2.19. The highest BCUT2D eigenvalue weighted by molar-refractivity contribution is 6.39. The maximum atomic E-state index is 12.1. The Morgan fingerprint density at radius 3 is 2.85 bits per heavy atom. The molecule has 1 aromatic rings. The van der Waals surface area contributed by atoms with Gasteiger partial charge in [0.2, 0.25) is 0 Å². The van der Waals surface area contributed by atoms with E-state index in [-0.39, 0.29) is 0 Å². The fourth-order valence-electron chi connectivity index (χ4n) is 2.05. The van der Waals surface area contributed by atoms with Crippen molar-refractivity contribution in [1.29, 1.82) is 0 Å². The van der Waals surface area contributed by atoms with Gasteiger partial charge in [-0.05, 0) is 37.6 Å². The van der Waals surface area contributed by atoms with Crippen molar-refractivity contribution in [3.05, 3.63) is 28.8 Å². The van der Waals surface area contributed by atoms with E-state index >= 15 is 0 Å². The summed E-state index contributed by atoms with van der Waals surface area (Å²) >= 11 is 5.99. The molecule has 0 unspecified atom stereocenters. The van der Waals surface area contributed by atoms with Gasteiger partial charge >= 0.3 is 11.8 Å². The van der Waals surface area contributed by atoms with Crippen LogP contribution in [0, 0.1) is 6.92 Å². The van der Waals surface area contributed by atoms with E-state index in [9.17, 15) is 9.59 Å². The Morgan fingerprint density at radius 2 is 2.10 bits per heavy atom. The van der Waals surface area contributed by atoms with Crippen molar-refractivity contribution in [3.8, 4) is 0 Å². The van der Waals surface area contributed by atoms with E-state index in [2.05, 4.69) is 10.6 Å². The van der Waals surface area contributed by atoms with E-state index in [0.717, 1.165) is 25.1 Å². The molecule has 1 fully saturated rings. The zero-order chi connectivity index (χ0) is 14.5. The Hall–Kier alpha value is -1.59. The maximum Gasteiger partial charge on any atom is 0.313 e. The summed E-state index contributed by atoms with van der Waals surface area (Å²) in [5.74, 6) is -1.11. The number of nitrogens with zero attached hydrogens (tertiary/aromatic N) is 1. The number of benzene rings is 1. The van der Waals surface area contributed by atoms with E-state index < -0.39 is 11.8 Å². The van der Waals surface area contributed by atoms with Gasteiger partial charge in [0.15, 0.2) is 0 Å². The van der Waals surface area contributed by atoms with Crippen LogP contribution in [0.2, 0.25) is 5.02 Å². The van der Waals surface area contributed by atoms with Crippen LogP contribution in [0.3, 0.4) is 0 Å². The fourth-order valence-corrected chi connectivity index (χ4v) is 2.23. The third-order valence-corrected chi connectivity index (χ3v) is 3.66. The molecule has 1 saturated heterocycles. The molecule has 2 N–H and O–H groups in total. The van der Waals surface area contributed by atoms with Gasteiger partial charge in [0.1, 0.15) is 0 Å². The fraction of sp³-hybridized carbons (Fsp3) is 0.429. The zero-order valence-corrected chi connectivity index (χ0v) is 12.2. The van der Waals surface area contributed by atoms with Crippen molar-refractivity contribution in [2.75, 3.05) is 31.5 Å². The van der Waals surface area contributed by atoms with E-state index in [4.69, 9.17) is 11.6 Å². The number of aryl methyl sites for hydroxylation is 1. The molecule has 0 bridgehead atoms. The molecule has 20 heavy (non-hydrogen) atoms. The lowest BCUT2D eigenvalue weighted by Gasteiger charge is -2.19. The first-order chi connectivity index (χ1) is 9.58. The highest BCUT2D eigenvalue weighted by atomic mass is 35.5. The molecule has 2 amide bonds. The quantitative estimate of drug-likeness (QED) is 0.770. The van der Waals surface area contributed by atoms with Crippen LogP contribution in [0.5, 0.6) is 0 Å². The van der Waals surface area contributed by atoms with Gasteiger partial charge in [0.05, 0.1) is 0 Å². The molecule has 0 spiro atoms. The van der Waals surface area contributed by atoms with Crippen LogP contribution < -0.4 is 10.6 Å². The van der Waals surface area contributed by atoms with Crippen LogP contribution in [0.15, 0.2) is 18.2 Å². The molecule has 0 saturated carbocycles. The molecule has 6 heteroatoms. The summed E-state index contributed by atoms with van der Waals surface area (Å²) in [6.45, 7) is 4.63. The second-order valence-electron chi connectivity index (χ2n) is 4.81. The number of carbonyl (C=O) groups is 2. The largest absolute Gasteiger partial charge is 0.333 e. The summed E-state index contributed by atoms with van der Waals surface area (Å²) in [7, 11) is 0. The molecule has 0 radical (unpaired) electrons. The molecule has 0 aromatic heterocycles. The number of anilines is 1. The van der Waals surface area contributed by atoms with Gasteiger partial charge in [0.25, 0.3) is 0 Å². The van der Waals surface area contributed by atoms with Gasteiger partial charge in [-0.2, -0.15) is 0 Å². The smallest absolute Gasteiger partial charge is 0.313 e. The standard InChI is InChI=1S/C14H18ClN3O2/c1-10-3-4-11(9-12(10)15)17-13(19)14(20)18-7-2-5-16-6-8-18/h3-4,9,16H,2,5-8H2,1H3,(H,17,19). The molecule has 1 aliphatic heterocycles. The summed E-state index contributed by atoms with van der Waals surface area (Å²) in [5.41, 5.74) is 1.46. The van der Waals surface area contributed by atoms with Crippen LogP contribution >= 0.6 is 11.6 Å². The minimum atomic E-state index is -0.619. The predicted molar refractivity (Wildman–Crippen MR) is 78.9 cm³/mol. The summed E-state index contributed by atoms with van der Waals surface area (Å²) in [5, 5.41) is 6.35. The number of hydrogen-bond acceptors (Lipinski definition) is 3. The normalized spacial score (nSPS) is 15.6. The molecule has 1 heterocycles. The lowest BCUT2D eigenvalue weighted by molar-refractivity contribution is -0.143. The van der Waals surface area contributed by atoms with Crippen LogP contribution in [0.4, 0.5) is 5.69 Å². The summed E-state index contributed by atoms with van der Waals surface area (Å²) in [4.78, 5) is 25.6. The third-order valence-electron chi connectivity index (χ3n) is 3.25.